The Bertz CT molecular complexity index is 777. The highest BCUT2D eigenvalue weighted by Crippen LogP contribution is 2.27. The molecule has 1 fully saturated rings. The molecule has 1 aromatic heterocycles. The molecule has 3 rings (SSSR count). The highest BCUT2D eigenvalue weighted by atomic mass is 35.5. The van der Waals surface area contributed by atoms with Gasteiger partial charge in [0.05, 0.1) is 23.6 Å². The van der Waals surface area contributed by atoms with Crippen molar-refractivity contribution in [3.8, 4) is 0 Å². The maximum absolute atomic E-state index is 6.30. The average Bonchev–Trinajstić information content (AvgIpc) is 2.86. The number of hydrogen-bond donors (Lipinski definition) is 2. The summed E-state index contributed by atoms with van der Waals surface area (Å²) in [4.78, 5) is 0. The Balaban J connectivity index is 1.72. The fraction of sp³-hybridized carbons (Fsp3) is 0.474. The van der Waals surface area contributed by atoms with E-state index in [0.29, 0.717) is 27.7 Å². The molecular weight excluding hydrogens is 387 g/mol. The van der Waals surface area contributed by atoms with Crippen molar-refractivity contribution in [2.75, 3.05) is 5.32 Å². The highest BCUT2D eigenvalue weighted by Gasteiger charge is 2.18. The van der Waals surface area contributed by atoms with Crippen molar-refractivity contribution in [1.29, 1.82) is 0 Å². The lowest BCUT2D eigenvalue weighted by atomic mass is 9.96. The molecule has 140 valence electrons. The predicted molar refractivity (Wildman–Crippen MR) is 113 cm³/mol. The van der Waals surface area contributed by atoms with Crippen LogP contribution in [0.1, 0.15) is 49.1 Å². The number of thiocarbonyl (C=S) groups is 1. The molecule has 0 bridgehead atoms. The van der Waals surface area contributed by atoms with Gasteiger partial charge in [-0.2, -0.15) is 5.10 Å². The molecule has 1 aliphatic rings. The minimum Gasteiger partial charge on any atom is -0.360 e. The minimum absolute atomic E-state index is 0.473. The summed E-state index contributed by atoms with van der Waals surface area (Å²) >= 11 is 18.1. The third-order valence-electron chi connectivity index (χ3n) is 4.93. The van der Waals surface area contributed by atoms with E-state index in [0.717, 1.165) is 22.6 Å². The molecule has 1 aliphatic carbocycles. The van der Waals surface area contributed by atoms with Crippen LogP contribution in [-0.4, -0.2) is 20.9 Å². The third-order valence-corrected chi connectivity index (χ3v) is 5.86. The van der Waals surface area contributed by atoms with Crippen molar-refractivity contribution in [2.45, 2.75) is 58.5 Å². The lowest BCUT2D eigenvalue weighted by Crippen LogP contribution is -2.39. The second-order valence-corrected chi connectivity index (χ2v) is 8.06. The van der Waals surface area contributed by atoms with Crippen LogP contribution in [0.5, 0.6) is 0 Å². The zero-order valence-corrected chi connectivity index (χ0v) is 17.4. The summed E-state index contributed by atoms with van der Waals surface area (Å²) < 4.78 is 1.91. The van der Waals surface area contributed by atoms with Crippen molar-refractivity contribution in [2.24, 2.45) is 0 Å². The number of aryl methyl sites for hydroxylation is 1. The van der Waals surface area contributed by atoms with Crippen molar-refractivity contribution in [3.05, 3.63) is 45.2 Å². The average molecular weight is 411 g/mol. The van der Waals surface area contributed by atoms with Gasteiger partial charge in [0.2, 0.25) is 0 Å². The van der Waals surface area contributed by atoms with E-state index in [4.69, 9.17) is 35.4 Å². The van der Waals surface area contributed by atoms with E-state index in [-0.39, 0.29) is 0 Å². The van der Waals surface area contributed by atoms with Gasteiger partial charge < -0.3 is 10.6 Å². The molecule has 7 heteroatoms. The third kappa shape index (κ3) is 4.51. The number of nitrogens with one attached hydrogen (secondary N) is 2. The Morgan fingerprint density at radius 2 is 1.85 bits per heavy atom. The molecule has 0 unspecified atom stereocenters. The van der Waals surface area contributed by atoms with Crippen molar-refractivity contribution < 1.29 is 0 Å². The number of nitrogens with zero attached hydrogens (tertiary/aromatic N) is 2. The van der Waals surface area contributed by atoms with Gasteiger partial charge in [-0.1, -0.05) is 48.5 Å². The van der Waals surface area contributed by atoms with Crippen molar-refractivity contribution in [3.63, 3.8) is 0 Å². The van der Waals surface area contributed by atoms with E-state index in [1.54, 1.807) is 0 Å². The van der Waals surface area contributed by atoms with Crippen LogP contribution in [0.2, 0.25) is 10.0 Å². The summed E-state index contributed by atoms with van der Waals surface area (Å²) in [6, 6.07) is 6.01. The standard InChI is InChI=1S/C19H24Cl2N4S/c1-12-18(23-19(26)22-14-7-4-3-5-8-14)13(2)25(24-12)11-15-16(20)9-6-10-17(15)21/h6,9-10,14H,3-5,7-8,11H2,1-2H3,(H2,22,23,26). The Morgan fingerprint density at radius 3 is 2.50 bits per heavy atom. The molecule has 2 aromatic rings. The maximum Gasteiger partial charge on any atom is 0.171 e. The van der Waals surface area contributed by atoms with E-state index in [9.17, 15) is 0 Å². The molecule has 0 aliphatic heterocycles. The molecule has 1 saturated carbocycles. The SMILES string of the molecule is Cc1nn(Cc2c(Cl)cccc2Cl)c(C)c1NC(=S)NC1CCCCC1. The summed E-state index contributed by atoms with van der Waals surface area (Å²) in [5.74, 6) is 0. The highest BCUT2D eigenvalue weighted by molar-refractivity contribution is 7.80. The molecule has 1 aromatic carbocycles. The van der Waals surface area contributed by atoms with Crippen LogP contribution in [0.4, 0.5) is 5.69 Å². The number of aromatic nitrogens is 2. The molecule has 2 N–H and O–H groups in total. The molecule has 26 heavy (non-hydrogen) atoms. The first kappa shape index (κ1) is 19.5. The molecule has 0 amide bonds. The van der Waals surface area contributed by atoms with Crippen LogP contribution >= 0.6 is 35.4 Å². The van der Waals surface area contributed by atoms with Gasteiger partial charge in [-0.25, -0.2) is 0 Å². The lowest BCUT2D eigenvalue weighted by molar-refractivity contribution is 0.415. The summed E-state index contributed by atoms with van der Waals surface area (Å²) in [5.41, 5.74) is 3.72. The fourth-order valence-corrected chi connectivity index (χ4v) is 4.23. The topological polar surface area (TPSA) is 41.9 Å². The number of hydrogen-bond acceptors (Lipinski definition) is 2. The quantitative estimate of drug-likeness (QED) is 0.655. The number of anilines is 1. The van der Waals surface area contributed by atoms with Gasteiger partial charge in [-0.05, 0) is 51.0 Å². The molecule has 4 nitrogen and oxygen atoms in total. The van der Waals surface area contributed by atoms with E-state index in [1.165, 1.54) is 32.1 Å². The molecule has 0 saturated heterocycles. The summed E-state index contributed by atoms with van der Waals surface area (Å²) in [7, 11) is 0. The monoisotopic (exact) mass is 410 g/mol. The smallest absolute Gasteiger partial charge is 0.171 e. The zero-order valence-electron chi connectivity index (χ0n) is 15.1. The fourth-order valence-electron chi connectivity index (χ4n) is 3.45. The Kier molecular flexibility index (Phi) is 6.43. The van der Waals surface area contributed by atoms with Crippen LogP contribution < -0.4 is 10.6 Å². The number of halogens is 2. The van der Waals surface area contributed by atoms with E-state index in [1.807, 2.05) is 36.7 Å². The largest absolute Gasteiger partial charge is 0.360 e. The van der Waals surface area contributed by atoms with Gasteiger partial charge >= 0.3 is 0 Å². The molecule has 1 heterocycles. The first-order valence-electron chi connectivity index (χ1n) is 9.00. The van der Waals surface area contributed by atoms with Gasteiger partial charge in [0.1, 0.15) is 0 Å². The van der Waals surface area contributed by atoms with Crippen molar-refractivity contribution >= 4 is 46.2 Å². The van der Waals surface area contributed by atoms with Gasteiger partial charge in [0.25, 0.3) is 0 Å². The van der Waals surface area contributed by atoms with Gasteiger partial charge in [0.15, 0.2) is 5.11 Å². The first-order valence-corrected chi connectivity index (χ1v) is 10.2. The van der Waals surface area contributed by atoms with Gasteiger partial charge in [-0.15, -0.1) is 0 Å². The van der Waals surface area contributed by atoms with Crippen LogP contribution in [0.15, 0.2) is 18.2 Å². The van der Waals surface area contributed by atoms with E-state index in [2.05, 4.69) is 15.7 Å². The van der Waals surface area contributed by atoms with Crippen LogP contribution in [0.3, 0.4) is 0 Å². The Labute approximate surface area is 170 Å². The van der Waals surface area contributed by atoms with Crippen LogP contribution in [-0.2, 0) is 6.54 Å². The number of rotatable bonds is 4. The Morgan fingerprint density at radius 1 is 1.19 bits per heavy atom. The molecule has 0 spiro atoms. The normalized spacial score (nSPS) is 15.1. The molecule has 0 atom stereocenters. The van der Waals surface area contributed by atoms with Crippen LogP contribution in [0, 0.1) is 13.8 Å². The lowest BCUT2D eigenvalue weighted by Gasteiger charge is -2.24. The van der Waals surface area contributed by atoms with Gasteiger partial charge in [-0.3, -0.25) is 4.68 Å². The van der Waals surface area contributed by atoms with E-state index >= 15 is 0 Å². The van der Waals surface area contributed by atoms with Crippen LogP contribution in [0.25, 0.3) is 0 Å². The number of benzene rings is 1. The second kappa shape index (κ2) is 8.59. The summed E-state index contributed by atoms with van der Waals surface area (Å²) in [6.45, 7) is 4.52. The maximum atomic E-state index is 6.30. The summed E-state index contributed by atoms with van der Waals surface area (Å²) in [5, 5.41) is 13.4. The molecule has 0 radical (unpaired) electrons. The van der Waals surface area contributed by atoms with Gasteiger partial charge in [0, 0.05) is 21.7 Å². The molecular formula is C19H24Cl2N4S. The first-order chi connectivity index (χ1) is 12.5. The van der Waals surface area contributed by atoms with Crippen molar-refractivity contribution in [1.82, 2.24) is 15.1 Å². The second-order valence-electron chi connectivity index (χ2n) is 6.84. The minimum atomic E-state index is 0.473. The summed E-state index contributed by atoms with van der Waals surface area (Å²) in [6.07, 6.45) is 6.24. The predicted octanol–water partition coefficient (Wildman–Crippen LogP) is 5.47. The van der Waals surface area contributed by atoms with E-state index < -0.39 is 0 Å². The zero-order chi connectivity index (χ0) is 18.7. The Hall–Kier alpha value is -1.30.